The molecule has 1 fully saturated rings. The molecule has 0 saturated carbocycles. The molecule has 0 spiro atoms. The molecule has 11 nitrogen and oxygen atoms in total. The van der Waals surface area contributed by atoms with Crippen LogP contribution in [0.25, 0.3) is 11.1 Å². The number of carbonyl (C=O) groups excluding carboxylic acids is 3. The average Bonchev–Trinajstić information content (AvgIpc) is 3.41. The van der Waals surface area contributed by atoms with Crippen LogP contribution in [0, 0.1) is 5.82 Å². The molecule has 2 N–H and O–H groups in total. The minimum Gasteiger partial charge on any atom is -0.493 e. The van der Waals surface area contributed by atoms with Gasteiger partial charge < -0.3 is 34.2 Å². The summed E-state index contributed by atoms with van der Waals surface area (Å²) >= 11 is 0. The highest BCUT2D eigenvalue weighted by atomic mass is 19.1. The molecule has 3 amide bonds. The highest BCUT2D eigenvalue weighted by Crippen LogP contribution is 2.29. The van der Waals surface area contributed by atoms with Crippen LogP contribution in [0.15, 0.2) is 65.1 Å². The number of aromatic nitrogens is 1. The second-order valence-electron chi connectivity index (χ2n) is 10.3. The summed E-state index contributed by atoms with van der Waals surface area (Å²) < 4.78 is 37.5. The molecular formula is C31H29FN4O7. The number of ether oxygens (including phenoxy) is 3. The van der Waals surface area contributed by atoms with Crippen LogP contribution in [0.4, 0.5) is 4.39 Å². The van der Waals surface area contributed by atoms with Crippen molar-refractivity contribution in [2.24, 2.45) is 0 Å². The zero-order valence-electron chi connectivity index (χ0n) is 23.3. The molecule has 0 aliphatic carbocycles. The summed E-state index contributed by atoms with van der Waals surface area (Å²) in [5.74, 6) is -0.541. The van der Waals surface area contributed by atoms with Crippen LogP contribution in [0.1, 0.15) is 28.2 Å². The Bertz CT molecular complexity index is 1660. The van der Waals surface area contributed by atoms with E-state index in [1.807, 2.05) is 18.2 Å². The molecule has 43 heavy (non-hydrogen) atoms. The van der Waals surface area contributed by atoms with Crippen molar-refractivity contribution >= 4 is 28.8 Å². The molecule has 1 aromatic heterocycles. The fourth-order valence-electron chi connectivity index (χ4n) is 5.22. The normalized spacial score (nSPS) is 19.0. The Labute approximate surface area is 245 Å². The number of methoxy groups -OCH3 is 1. The maximum atomic E-state index is 14.5. The van der Waals surface area contributed by atoms with Crippen molar-refractivity contribution in [3.05, 3.63) is 83.5 Å². The van der Waals surface area contributed by atoms with Crippen molar-refractivity contribution in [1.82, 2.24) is 20.5 Å². The topological polar surface area (TPSA) is 132 Å². The summed E-state index contributed by atoms with van der Waals surface area (Å²) in [7, 11) is 1.45. The second kappa shape index (κ2) is 12.0. The van der Waals surface area contributed by atoms with Crippen LogP contribution in [-0.4, -0.2) is 66.6 Å². The van der Waals surface area contributed by atoms with Gasteiger partial charge in [-0.25, -0.2) is 9.37 Å². The van der Waals surface area contributed by atoms with Gasteiger partial charge in [-0.3, -0.25) is 14.4 Å². The number of carbonyl (C=O) groups is 3. The van der Waals surface area contributed by atoms with Gasteiger partial charge in [0.2, 0.25) is 11.8 Å². The van der Waals surface area contributed by atoms with Gasteiger partial charge in [0, 0.05) is 37.7 Å². The number of nitrogens with one attached hydrogen (secondary N) is 2. The molecule has 2 aliphatic rings. The first-order valence-corrected chi connectivity index (χ1v) is 13.8. The Balaban J connectivity index is 1.27. The lowest BCUT2D eigenvalue weighted by molar-refractivity contribution is -0.133. The minimum absolute atomic E-state index is 0.0426. The highest BCUT2D eigenvalue weighted by molar-refractivity contribution is 5.95. The van der Waals surface area contributed by atoms with E-state index in [1.54, 1.807) is 29.2 Å². The minimum atomic E-state index is -0.639. The lowest BCUT2D eigenvalue weighted by Crippen LogP contribution is -2.58. The molecule has 3 heterocycles. The van der Waals surface area contributed by atoms with Crippen molar-refractivity contribution in [2.45, 2.75) is 31.5 Å². The van der Waals surface area contributed by atoms with Crippen molar-refractivity contribution in [3.63, 3.8) is 0 Å². The van der Waals surface area contributed by atoms with Crippen LogP contribution in [0.5, 0.6) is 17.2 Å². The first kappa shape index (κ1) is 28.0. The van der Waals surface area contributed by atoms with Gasteiger partial charge in [-0.1, -0.05) is 12.1 Å². The number of benzene rings is 3. The van der Waals surface area contributed by atoms with Crippen LogP contribution in [-0.2, 0) is 22.6 Å². The van der Waals surface area contributed by atoms with E-state index in [1.165, 1.54) is 25.3 Å². The Morgan fingerprint density at radius 3 is 2.84 bits per heavy atom. The first-order valence-electron chi connectivity index (χ1n) is 13.8. The number of halogens is 1. The Hall–Kier alpha value is -5.13. The van der Waals surface area contributed by atoms with Crippen LogP contribution in [0.3, 0.4) is 0 Å². The van der Waals surface area contributed by atoms with Crippen LogP contribution < -0.4 is 24.8 Å². The number of hydrogen-bond donors (Lipinski definition) is 2. The number of hydrogen-bond acceptors (Lipinski definition) is 8. The molecule has 1 saturated heterocycles. The third-order valence-electron chi connectivity index (χ3n) is 7.35. The first-order chi connectivity index (χ1) is 20.8. The molecule has 4 bridgehead atoms. The molecule has 2 aliphatic heterocycles. The summed E-state index contributed by atoms with van der Waals surface area (Å²) in [6.07, 6.45) is -0.258. The number of fused-ring (bicyclic) bond motifs is 6. The van der Waals surface area contributed by atoms with E-state index in [4.69, 9.17) is 18.6 Å². The fraction of sp³-hybridized carbons (Fsp3) is 0.290. The standard InChI is InChI=1S/C31H29FN4O7/c1-40-26-7-6-19-12-27(26)41-17-28(37)33-15-18-10-20(32)13-21(11-18)42-25-8-9-36(16-23(25)35-31(19)39)30(38)14-29-34-22-4-2-3-5-24(22)43-29/h2-7,10-13,23,25H,8-9,14-17H2,1H3,(H,33,37)(H,35,39)/t23-,25+/m0/s1. The Morgan fingerprint density at radius 1 is 1.14 bits per heavy atom. The summed E-state index contributed by atoms with van der Waals surface area (Å²) in [6.45, 7) is 0.195. The molecule has 0 unspecified atom stereocenters. The second-order valence-corrected chi connectivity index (χ2v) is 10.3. The molecule has 2 atom stereocenters. The number of likely N-dealkylation sites (tertiary alicyclic amines) is 1. The number of rotatable bonds is 3. The van der Waals surface area contributed by atoms with Gasteiger partial charge in [-0.15, -0.1) is 0 Å². The quantitative estimate of drug-likeness (QED) is 0.374. The van der Waals surface area contributed by atoms with Gasteiger partial charge in [-0.2, -0.15) is 0 Å². The monoisotopic (exact) mass is 588 g/mol. The van der Waals surface area contributed by atoms with E-state index in [9.17, 15) is 18.8 Å². The molecule has 0 radical (unpaired) electrons. The lowest BCUT2D eigenvalue weighted by atomic mass is 10.0. The van der Waals surface area contributed by atoms with E-state index < -0.39 is 29.8 Å². The third-order valence-corrected chi connectivity index (χ3v) is 7.35. The maximum Gasteiger partial charge on any atom is 0.258 e. The van der Waals surface area contributed by atoms with Gasteiger partial charge in [0.25, 0.3) is 11.8 Å². The number of oxazole rings is 1. The predicted octanol–water partition coefficient (Wildman–Crippen LogP) is 3.01. The highest BCUT2D eigenvalue weighted by Gasteiger charge is 2.35. The van der Waals surface area contributed by atoms with Crippen LogP contribution >= 0.6 is 0 Å². The van der Waals surface area contributed by atoms with Crippen molar-refractivity contribution in [2.75, 3.05) is 26.8 Å². The van der Waals surface area contributed by atoms with E-state index in [-0.39, 0.29) is 49.1 Å². The molecule has 3 aromatic carbocycles. The number of piperidine rings is 1. The predicted molar refractivity (Wildman–Crippen MR) is 151 cm³/mol. The number of amides is 3. The average molecular weight is 589 g/mol. The smallest absolute Gasteiger partial charge is 0.258 e. The van der Waals surface area contributed by atoms with Gasteiger partial charge in [-0.05, 0) is 48.0 Å². The summed E-state index contributed by atoms with van der Waals surface area (Å²) in [5.41, 5.74) is 2.00. The largest absolute Gasteiger partial charge is 0.493 e. The Kier molecular flexibility index (Phi) is 7.82. The number of para-hydroxylation sites is 2. The lowest BCUT2D eigenvalue weighted by Gasteiger charge is -2.39. The van der Waals surface area contributed by atoms with E-state index in [2.05, 4.69) is 15.6 Å². The summed E-state index contributed by atoms with van der Waals surface area (Å²) in [4.78, 5) is 45.2. The summed E-state index contributed by atoms with van der Waals surface area (Å²) in [5, 5.41) is 5.68. The van der Waals surface area contributed by atoms with Gasteiger partial charge in [0.15, 0.2) is 23.7 Å². The molecule has 6 rings (SSSR count). The van der Waals surface area contributed by atoms with Gasteiger partial charge in [0.05, 0.1) is 13.2 Å². The Morgan fingerprint density at radius 2 is 2.00 bits per heavy atom. The number of nitrogens with zero attached hydrogens (tertiary/aromatic N) is 2. The van der Waals surface area contributed by atoms with Gasteiger partial charge >= 0.3 is 0 Å². The molecule has 4 aromatic rings. The van der Waals surface area contributed by atoms with Crippen LogP contribution in [0.2, 0.25) is 0 Å². The van der Waals surface area contributed by atoms with Crippen molar-refractivity contribution in [3.8, 4) is 17.2 Å². The van der Waals surface area contributed by atoms with E-state index >= 15 is 0 Å². The zero-order chi connectivity index (χ0) is 29.9. The van der Waals surface area contributed by atoms with Crippen molar-refractivity contribution in [1.29, 1.82) is 0 Å². The molecule has 222 valence electrons. The molecule has 12 heteroatoms. The maximum absolute atomic E-state index is 14.5. The van der Waals surface area contributed by atoms with E-state index in [0.717, 1.165) is 0 Å². The SMILES string of the molecule is COc1ccc2cc1OCC(=O)NCc1cc(F)cc(c1)O[C@@H]1CCN(C(=O)Cc3nc4ccccc4o3)C[C@@H]1NC2=O. The van der Waals surface area contributed by atoms with Crippen molar-refractivity contribution < 1.29 is 37.4 Å². The van der Waals surface area contributed by atoms with E-state index in [0.29, 0.717) is 41.3 Å². The zero-order valence-corrected chi connectivity index (χ0v) is 23.3. The fourth-order valence-corrected chi connectivity index (χ4v) is 5.22. The third kappa shape index (κ3) is 6.37. The van der Waals surface area contributed by atoms with Gasteiger partial charge in [0.1, 0.15) is 29.6 Å². The molecular weight excluding hydrogens is 559 g/mol. The summed E-state index contributed by atoms with van der Waals surface area (Å²) in [6, 6.07) is 15.4.